The van der Waals surface area contributed by atoms with Gasteiger partial charge in [0.05, 0.1) is 6.61 Å². The molecule has 0 fully saturated rings. The molecular weight excluding hydrogens is 262 g/mol. The zero-order valence-corrected chi connectivity index (χ0v) is 12.9. The number of nitrogens with one attached hydrogen (secondary N) is 1. The third-order valence-electron chi connectivity index (χ3n) is 3.05. The summed E-state index contributed by atoms with van der Waals surface area (Å²) < 4.78 is 5.65. The highest BCUT2D eigenvalue weighted by Gasteiger charge is 2.02. The van der Waals surface area contributed by atoms with Crippen LogP contribution in [0, 0.1) is 0 Å². The quantitative estimate of drug-likeness (QED) is 0.791. The molecule has 0 spiro atoms. The van der Waals surface area contributed by atoms with Crippen LogP contribution in [0.3, 0.4) is 0 Å². The molecule has 112 valence electrons. The second kappa shape index (κ2) is 6.88. The molecule has 0 aliphatic carbocycles. The van der Waals surface area contributed by atoms with Crippen LogP contribution < -0.4 is 20.7 Å². The normalized spacial score (nSPS) is 10.2. The molecule has 0 saturated heterocycles. The van der Waals surface area contributed by atoms with Crippen molar-refractivity contribution < 1.29 is 4.74 Å². The summed E-state index contributed by atoms with van der Waals surface area (Å²) in [6, 6.07) is 13.9. The Labute approximate surface area is 126 Å². The molecule has 0 amide bonds. The van der Waals surface area contributed by atoms with Crippen molar-refractivity contribution in [2.45, 2.75) is 13.3 Å². The summed E-state index contributed by atoms with van der Waals surface area (Å²) in [5.41, 5.74) is 9.72. The average molecular weight is 285 g/mol. The van der Waals surface area contributed by atoms with Crippen molar-refractivity contribution in [3.63, 3.8) is 0 Å². The van der Waals surface area contributed by atoms with Gasteiger partial charge in [-0.3, -0.25) is 0 Å². The van der Waals surface area contributed by atoms with Gasteiger partial charge in [-0.05, 0) is 30.7 Å². The summed E-state index contributed by atoms with van der Waals surface area (Å²) >= 11 is 0. The van der Waals surface area contributed by atoms with E-state index in [-0.39, 0.29) is 0 Å². The van der Waals surface area contributed by atoms with Crippen molar-refractivity contribution in [1.82, 2.24) is 0 Å². The predicted octanol–water partition coefficient (Wildman–Crippen LogP) is 3.87. The van der Waals surface area contributed by atoms with Gasteiger partial charge in [-0.2, -0.15) is 0 Å². The Morgan fingerprint density at radius 3 is 2.62 bits per heavy atom. The summed E-state index contributed by atoms with van der Waals surface area (Å²) in [6.07, 6.45) is 0.975. The molecule has 2 rings (SSSR count). The van der Waals surface area contributed by atoms with Gasteiger partial charge in [-0.25, -0.2) is 0 Å². The van der Waals surface area contributed by atoms with Crippen LogP contribution in [0.2, 0.25) is 0 Å². The summed E-state index contributed by atoms with van der Waals surface area (Å²) in [5, 5.41) is 3.37. The molecule has 0 aromatic heterocycles. The van der Waals surface area contributed by atoms with E-state index in [1.165, 1.54) is 0 Å². The van der Waals surface area contributed by atoms with Gasteiger partial charge in [0, 0.05) is 49.0 Å². The molecule has 0 unspecified atom stereocenters. The number of hydrogen-bond donors (Lipinski definition) is 2. The zero-order chi connectivity index (χ0) is 15.2. The molecule has 0 saturated carbocycles. The van der Waals surface area contributed by atoms with Gasteiger partial charge < -0.3 is 20.7 Å². The molecule has 0 aliphatic heterocycles. The van der Waals surface area contributed by atoms with Gasteiger partial charge >= 0.3 is 0 Å². The van der Waals surface area contributed by atoms with Crippen LogP contribution in [-0.4, -0.2) is 20.7 Å². The Kier molecular flexibility index (Phi) is 4.93. The lowest BCUT2D eigenvalue weighted by molar-refractivity contribution is 0.318. The fourth-order valence-electron chi connectivity index (χ4n) is 2.03. The summed E-state index contributed by atoms with van der Waals surface area (Å²) in [5.74, 6) is 0.795. The highest BCUT2D eigenvalue weighted by atomic mass is 16.5. The number of benzene rings is 2. The maximum Gasteiger partial charge on any atom is 0.123 e. The number of nitrogen functional groups attached to an aromatic ring is 1. The number of nitrogens with two attached hydrogens (primary N) is 1. The lowest BCUT2D eigenvalue weighted by Gasteiger charge is -2.15. The fraction of sp³-hybridized carbons (Fsp3) is 0.294. The van der Waals surface area contributed by atoms with Crippen molar-refractivity contribution in [2.24, 2.45) is 0 Å². The lowest BCUT2D eigenvalue weighted by atomic mass is 10.2. The van der Waals surface area contributed by atoms with E-state index >= 15 is 0 Å². The molecule has 0 aliphatic rings. The Hall–Kier alpha value is -2.36. The molecule has 0 atom stereocenters. The monoisotopic (exact) mass is 285 g/mol. The second-order valence-electron chi connectivity index (χ2n) is 5.21. The number of nitrogens with zero attached hydrogens (tertiary/aromatic N) is 1. The van der Waals surface area contributed by atoms with Crippen molar-refractivity contribution in [3.8, 4) is 5.75 Å². The van der Waals surface area contributed by atoms with Gasteiger partial charge in [0.25, 0.3) is 0 Å². The van der Waals surface area contributed by atoms with E-state index in [0.717, 1.165) is 29.2 Å². The first-order valence-electron chi connectivity index (χ1n) is 7.16. The maximum absolute atomic E-state index is 5.93. The summed E-state index contributed by atoms with van der Waals surface area (Å²) in [6.45, 7) is 2.78. The SMILES string of the molecule is CCCOc1cc(N)cc(Nc2cccc(N(C)C)c2)c1. The summed E-state index contributed by atoms with van der Waals surface area (Å²) in [4.78, 5) is 2.07. The Morgan fingerprint density at radius 1 is 1.10 bits per heavy atom. The number of anilines is 4. The molecular formula is C17H23N3O. The first-order chi connectivity index (χ1) is 10.1. The van der Waals surface area contributed by atoms with Crippen LogP contribution in [-0.2, 0) is 0 Å². The van der Waals surface area contributed by atoms with Gasteiger partial charge in [-0.1, -0.05) is 13.0 Å². The van der Waals surface area contributed by atoms with E-state index in [2.05, 4.69) is 29.3 Å². The molecule has 4 nitrogen and oxygen atoms in total. The molecule has 0 radical (unpaired) electrons. The highest BCUT2D eigenvalue weighted by molar-refractivity contribution is 5.68. The zero-order valence-electron chi connectivity index (χ0n) is 12.9. The summed E-state index contributed by atoms with van der Waals surface area (Å²) in [7, 11) is 4.05. The van der Waals surface area contributed by atoms with E-state index < -0.39 is 0 Å². The minimum absolute atomic E-state index is 0.690. The highest BCUT2D eigenvalue weighted by Crippen LogP contribution is 2.27. The first kappa shape index (κ1) is 15.0. The van der Waals surface area contributed by atoms with Crippen LogP contribution in [0.1, 0.15) is 13.3 Å². The van der Waals surface area contributed by atoms with Crippen molar-refractivity contribution >= 4 is 22.7 Å². The first-order valence-corrected chi connectivity index (χ1v) is 7.16. The van der Waals surface area contributed by atoms with Crippen LogP contribution in [0.4, 0.5) is 22.7 Å². The van der Waals surface area contributed by atoms with Gasteiger partial charge in [0.15, 0.2) is 0 Å². The van der Waals surface area contributed by atoms with Crippen molar-refractivity contribution in [2.75, 3.05) is 36.7 Å². The molecule has 3 N–H and O–H groups in total. The average Bonchev–Trinajstić information content (AvgIpc) is 2.45. The molecule has 2 aromatic rings. The molecule has 4 heteroatoms. The number of ether oxygens (including phenoxy) is 1. The lowest BCUT2D eigenvalue weighted by Crippen LogP contribution is -2.08. The Bertz CT molecular complexity index is 596. The molecule has 0 heterocycles. The minimum atomic E-state index is 0.690. The van der Waals surface area contributed by atoms with Crippen LogP contribution in [0.15, 0.2) is 42.5 Å². The standard InChI is InChI=1S/C17H23N3O/c1-4-8-21-17-10-13(18)9-15(12-17)19-14-6-5-7-16(11-14)20(2)3/h5-7,9-12,19H,4,8,18H2,1-3H3. The molecule has 21 heavy (non-hydrogen) atoms. The third-order valence-corrected chi connectivity index (χ3v) is 3.05. The van der Waals surface area contributed by atoms with E-state index in [4.69, 9.17) is 10.5 Å². The molecule has 2 aromatic carbocycles. The number of hydrogen-bond acceptors (Lipinski definition) is 4. The second-order valence-corrected chi connectivity index (χ2v) is 5.21. The number of rotatable bonds is 6. The third kappa shape index (κ3) is 4.31. The van der Waals surface area contributed by atoms with Gasteiger partial charge in [-0.15, -0.1) is 0 Å². The smallest absolute Gasteiger partial charge is 0.123 e. The maximum atomic E-state index is 5.93. The van der Waals surface area contributed by atoms with Crippen LogP contribution >= 0.6 is 0 Å². The minimum Gasteiger partial charge on any atom is -0.493 e. The van der Waals surface area contributed by atoms with E-state index in [0.29, 0.717) is 12.3 Å². The largest absolute Gasteiger partial charge is 0.493 e. The van der Waals surface area contributed by atoms with Gasteiger partial charge in [0.2, 0.25) is 0 Å². The molecule has 0 bridgehead atoms. The van der Waals surface area contributed by atoms with Crippen LogP contribution in [0.25, 0.3) is 0 Å². The Balaban J connectivity index is 2.18. The fourth-order valence-corrected chi connectivity index (χ4v) is 2.03. The van der Waals surface area contributed by atoms with Crippen molar-refractivity contribution in [1.29, 1.82) is 0 Å². The van der Waals surface area contributed by atoms with E-state index in [1.54, 1.807) is 0 Å². The van der Waals surface area contributed by atoms with E-state index in [1.807, 2.05) is 44.4 Å². The topological polar surface area (TPSA) is 50.5 Å². The van der Waals surface area contributed by atoms with Crippen molar-refractivity contribution in [3.05, 3.63) is 42.5 Å². The van der Waals surface area contributed by atoms with Gasteiger partial charge in [0.1, 0.15) is 5.75 Å². The Morgan fingerprint density at radius 2 is 1.90 bits per heavy atom. The van der Waals surface area contributed by atoms with Crippen LogP contribution in [0.5, 0.6) is 5.75 Å². The predicted molar refractivity (Wildman–Crippen MR) is 90.7 cm³/mol. The van der Waals surface area contributed by atoms with E-state index in [9.17, 15) is 0 Å².